The molecule has 0 heterocycles. The van der Waals surface area contributed by atoms with Gasteiger partial charge in [-0.05, 0) is 23.2 Å². The van der Waals surface area contributed by atoms with Crippen LogP contribution in [0.25, 0.3) is 10.4 Å². The molecule has 0 atom stereocenters. The third-order valence-electron chi connectivity index (χ3n) is 1.35. The van der Waals surface area contributed by atoms with E-state index in [1.54, 1.807) is 0 Å². The summed E-state index contributed by atoms with van der Waals surface area (Å²) in [6.07, 6.45) is 0. The van der Waals surface area contributed by atoms with Gasteiger partial charge in [0.15, 0.2) is 0 Å². The maximum absolute atomic E-state index is 12.8. The molecular formula is C7H6FN3O. The Kier molecular flexibility index (Phi) is 2.63. The van der Waals surface area contributed by atoms with Crippen molar-refractivity contribution in [2.45, 2.75) is 6.61 Å². The van der Waals surface area contributed by atoms with Crippen molar-refractivity contribution in [2.24, 2.45) is 5.11 Å². The van der Waals surface area contributed by atoms with Crippen molar-refractivity contribution in [1.82, 2.24) is 0 Å². The van der Waals surface area contributed by atoms with Crippen LogP contribution in [0.5, 0.6) is 0 Å². The Morgan fingerprint density at radius 2 is 2.33 bits per heavy atom. The number of hydrogen-bond donors (Lipinski definition) is 1. The molecule has 1 aromatic carbocycles. The minimum absolute atomic E-state index is 0.0605. The van der Waals surface area contributed by atoms with Crippen molar-refractivity contribution >= 4 is 5.69 Å². The molecule has 12 heavy (non-hydrogen) atoms. The first-order chi connectivity index (χ1) is 5.77. The summed E-state index contributed by atoms with van der Waals surface area (Å²) < 4.78 is 12.8. The molecule has 0 radical (unpaired) electrons. The monoisotopic (exact) mass is 167 g/mol. The van der Waals surface area contributed by atoms with Crippen molar-refractivity contribution < 1.29 is 9.50 Å². The molecule has 0 spiro atoms. The number of azide groups is 1. The number of aliphatic hydroxyl groups is 1. The zero-order chi connectivity index (χ0) is 8.97. The summed E-state index contributed by atoms with van der Waals surface area (Å²) in [5, 5.41) is 11.7. The molecule has 0 fully saturated rings. The van der Waals surface area contributed by atoms with Gasteiger partial charge in [-0.25, -0.2) is 4.39 Å². The number of rotatable bonds is 2. The summed E-state index contributed by atoms with van der Waals surface area (Å²) in [5.74, 6) is -0.626. The highest BCUT2D eigenvalue weighted by molar-refractivity contribution is 5.40. The second kappa shape index (κ2) is 3.71. The second-order valence-electron chi connectivity index (χ2n) is 2.13. The lowest BCUT2D eigenvalue weighted by Gasteiger charge is -1.97. The maximum atomic E-state index is 12.8. The van der Waals surface area contributed by atoms with Crippen LogP contribution in [-0.2, 0) is 6.61 Å². The van der Waals surface area contributed by atoms with Crippen molar-refractivity contribution in [3.63, 3.8) is 0 Å². The van der Waals surface area contributed by atoms with Gasteiger partial charge < -0.3 is 5.11 Å². The first-order valence-corrected chi connectivity index (χ1v) is 3.22. The van der Waals surface area contributed by atoms with Crippen LogP contribution in [0.1, 0.15) is 5.56 Å². The molecule has 5 heteroatoms. The zero-order valence-electron chi connectivity index (χ0n) is 6.11. The molecule has 0 saturated carbocycles. The van der Waals surface area contributed by atoms with Gasteiger partial charge in [0.2, 0.25) is 0 Å². The molecule has 62 valence electrons. The average Bonchev–Trinajstić information content (AvgIpc) is 2.09. The summed E-state index contributed by atoms with van der Waals surface area (Å²) in [6, 6.07) is 3.94. The van der Waals surface area contributed by atoms with Crippen LogP contribution in [0, 0.1) is 5.82 Å². The number of aliphatic hydroxyl groups excluding tert-OH is 1. The predicted octanol–water partition coefficient (Wildman–Crippen LogP) is 2.26. The topological polar surface area (TPSA) is 69.0 Å². The molecule has 1 rings (SSSR count). The minimum Gasteiger partial charge on any atom is -0.392 e. The Morgan fingerprint density at radius 1 is 1.58 bits per heavy atom. The summed E-state index contributed by atoms with van der Waals surface area (Å²) in [4.78, 5) is 2.44. The Labute approximate surface area is 67.9 Å². The normalized spacial score (nSPS) is 9.17. The summed E-state index contributed by atoms with van der Waals surface area (Å²) in [6.45, 7) is -0.229. The van der Waals surface area contributed by atoms with Crippen LogP contribution in [-0.4, -0.2) is 5.11 Å². The number of halogens is 1. The van der Waals surface area contributed by atoms with Crippen LogP contribution >= 0.6 is 0 Å². The second-order valence-corrected chi connectivity index (χ2v) is 2.13. The fraction of sp³-hybridized carbons (Fsp3) is 0.143. The van der Waals surface area contributed by atoms with Crippen LogP contribution in [0.2, 0.25) is 0 Å². The van der Waals surface area contributed by atoms with E-state index in [1.807, 2.05) is 0 Å². The highest BCUT2D eigenvalue weighted by Crippen LogP contribution is 2.18. The van der Waals surface area contributed by atoms with E-state index in [4.69, 9.17) is 10.6 Å². The van der Waals surface area contributed by atoms with E-state index in [0.29, 0.717) is 5.56 Å². The van der Waals surface area contributed by atoms with E-state index in [9.17, 15) is 4.39 Å². The Morgan fingerprint density at radius 3 is 2.83 bits per heavy atom. The molecule has 0 aliphatic heterocycles. The SMILES string of the molecule is [N-]=[N+]=Nc1ccc(CO)cc1F. The Hall–Kier alpha value is -1.58. The van der Waals surface area contributed by atoms with Crippen LogP contribution in [0.4, 0.5) is 10.1 Å². The standard InChI is InChI=1S/C7H6FN3O/c8-6-3-5(4-12)1-2-7(6)10-11-9/h1-3,12H,4H2. The smallest absolute Gasteiger partial charge is 0.133 e. The van der Waals surface area contributed by atoms with Crippen molar-refractivity contribution in [2.75, 3.05) is 0 Å². The van der Waals surface area contributed by atoms with E-state index in [1.165, 1.54) is 12.1 Å². The lowest BCUT2D eigenvalue weighted by molar-refractivity contribution is 0.281. The van der Waals surface area contributed by atoms with Gasteiger partial charge in [0.1, 0.15) is 5.82 Å². The van der Waals surface area contributed by atoms with Gasteiger partial charge in [-0.15, -0.1) is 0 Å². The van der Waals surface area contributed by atoms with Gasteiger partial charge in [-0.3, -0.25) is 0 Å². The van der Waals surface area contributed by atoms with Gasteiger partial charge in [0.05, 0.1) is 12.3 Å². The largest absolute Gasteiger partial charge is 0.392 e. The molecule has 0 amide bonds. The third-order valence-corrected chi connectivity index (χ3v) is 1.35. The predicted molar refractivity (Wildman–Crippen MR) is 41.1 cm³/mol. The Balaban J connectivity index is 3.11. The van der Waals surface area contributed by atoms with Gasteiger partial charge in [-0.2, -0.15) is 0 Å². The lowest BCUT2D eigenvalue weighted by Crippen LogP contribution is -1.84. The van der Waals surface area contributed by atoms with Crippen LogP contribution < -0.4 is 0 Å². The molecule has 0 bridgehead atoms. The number of benzene rings is 1. The van der Waals surface area contributed by atoms with Gasteiger partial charge in [0, 0.05) is 4.91 Å². The average molecular weight is 167 g/mol. The van der Waals surface area contributed by atoms with Crippen molar-refractivity contribution in [3.8, 4) is 0 Å². The molecule has 0 aromatic heterocycles. The summed E-state index contributed by atoms with van der Waals surface area (Å²) >= 11 is 0. The fourth-order valence-electron chi connectivity index (χ4n) is 0.778. The van der Waals surface area contributed by atoms with E-state index in [-0.39, 0.29) is 12.3 Å². The zero-order valence-corrected chi connectivity index (χ0v) is 6.11. The third kappa shape index (κ3) is 1.72. The lowest BCUT2D eigenvalue weighted by atomic mass is 10.2. The molecule has 0 unspecified atom stereocenters. The maximum Gasteiger partial charge on any atom is 0.133 e. The Bertz CT molecular complexity index is 333. The molecule has 0 saturated heterocycles. The van der Waals surface area contributed by atoms with E-state index in [0.717, 1.165) is 6.07 Å². The van der Waals surface area contributed by atoms with E-state index >= 15 is 0 Å². The number of nitrogens with zero attached hydrogens (tertiary/aromatic N) is 3. The molecule has 1 N–H and O–H groups in total. The van der Waals surface area contributed by atoms with Crippen molar-refractivity contribution in [3.05, 3.63) is 40.0 Å². The quantitative estimate of drug-likeness (QED) is 0.409. The molecular weight excluding hydrogens is 161 g/mol. The highest BCUT2D eigenvalue weighted by Gasteiger charge is 1.99. The fourth-order valence-corrected chi connectivity index (χ4v) is 0.778. The summed E-state index contributed by atoms with van der Waals surface area (Å²) in [5.41, 5.74) is 8.40. The molecule has 1 aromatic rings. The first-order valence-electron chi connectivity index (χ1n) is 3.22. The van der Waals surface area contributed by atoms with Gasteiger partial charge >= 0.3 is 0 Å². The van der Waals surface area contributed by atoms with Crippen LogP contribution in [0.3, 0.4) is 0 Å². The molecule has 0 aliphatic rings. The minimum atomic E-state index is -0.626. The van der Waals surface area contributed by atoms with E-state index in [2.05, 4.69) is 10.0 Å². The van der Waals surface area contributed by atoms with Crippen molar-refractivity contribution in [1.29, 1.82) is 0 Å². The first kappa shape index (κ1) is 8.52. The van der Waals surface area contributed by atoms with Gasteiger partial charge in [-0.1, -0.05) is 11.2 Å². The summed E-state index contributed by atoms with van der Waals surface area (Å²) in [7, 11) is 0. The van der Waals surface area contributed by atoms with Crippen LogP contribution in [0.15, 0.2) is 23.3 Å². The molecule has 4 nitrogen and oxygen atoms in total. The number of hydrogen-bond acceptors (Lipinski definition) is 2. The highest BCUT2D eigenvalue weighted by atomic mass is 19.1. The van der Waals surface area contributed by atoms with E-state index < -0.39 is 5.82 Å². The van der Waals surface area contributed by atoms with Gasteiger partial charge in [0.25, 0.3) is 0 Å². The molecule has 0 aliphatic carbocycles.